The summed E-state index contributed by atoms with van der Waals surface area (Å²) in [6, 6.07) is 13.3. The first-order chi connectivity index (χ1) is 20.3. The van der Waals surface area contributed by atoms with E-state index in [4.69, 9.17) is 51.1 Å². The maximum Gasteiger partial charge on any atom is 0.417 e. The molecule has 1 N–H and O–H groups in total. The average molecular weight is 692 g/mol. The number of anilines is 1. The number of carbonyl (C=O) groups excluding carboxylic acids is 2. The highest BCUT2D eigenvalue weighted by atomic mass is 35.5. The molecule has 0 atom stereocenters. The minimum atomic E-state index is -4.70. The summed E-state index contributed by atoms with van der Waals surface area (Å²) in [6.07, 6.45) is -4.20. The fourth-order valence-corrected chi connectivity index (χ4v) is 5.26. The number of nitrogens with zero attached hydrogens (tertiary/aromatic N) is 3. The Morgan fingerprint density at radius 2 is 1.56 bits per heavy atom. The molecule has 0 fully saturated rings. The highest BCUT2D eigenvalue weighted by Gasteiger charge is 2.32. The van der Waals surface area contributed by atoms with Crippen molar-refractivity contribution in [3.05, 3.63) is 114 Å². The van der Waals surface area contributed by atoms with Gasteiger partial charge in [0, 0.05) is 24.2 Å². The number of nitro benzene ring substituents is 1. The molecular formula is C26H13Cl4F3N4O5S. The Balaban J connectivity index is 1.71. The van der Waals surface area contributed by atoms with Gasteiger partial charge in [0.05, 0.1) is 36.8 Å². The first-order valence-electron chi connectivity index (χ1n) is 11.5. The van der Waals surface area contributed by atoms with E-state index in [1.54, 1.807) is 6.07 Å². The van der Waals surface area contributed by atoms with Crippen molar-refractivity contribution >= 4 is 81.7 Å². The number of urea groups is 1. The zero-order valence-corrected chi connectivity index (χ0v) is 24.7. The Kier molecular flexibility index (Phi) is 9.93. The van der Waals surface area contributed by atoms with Crippen molar-refractivity contribution < 1.29 is 32.4 Å². The van der Waals surface area contributed by atoms with Crippen LogP contribution in [0.4, 0.5) is 29.3 Å². The van der Waals surface area contributed by atoms with E-state index in [1.165, 1.54) is 54.6 Å². The fourth-order valence-electron chi connectivity index (χ4n) is 3.37. The van der Waals surface area contributed by atoms with Crippen molar-refractivity contribution in [2.75, 3.05) is 4.31 Å². The summed E-state index contributed by atoms with van der Waals surface area (Å²) in [4.78, 5) is 40.8. The number of amides is 3. The number of hydrogen-bond acceptors (Lipinski definition) is 7. The number of ether oxygens (including phenoxy) is 1. The van der Waals surface area contributed by atoms with E-state index < -0.39 is 39.5 Å². The van der Waals surface area contributed by atoms with E-state index in [2.05, 4.69) is 10.3 Å². The number of benzene rings is 3. The lowest BCUT2D eigenvalue weighted by Crippen LogP contribution is -2.39. The lowest BCUT2D eigenvalue weighted by atomic mass is 10.2. The van der Waals surface area contributed by atoms with E-state index in [1.807, 2.05) is 0 Å². The van der Waals surface area contributed by atoms with Gasteiger partial charge in [-0.05, 0) is 36.4 Å². The van der Waals surface area contributed by atoms with Crippen LogP contribution in [0.2, 0.25) is 20.1 Å². The lowest BCUT2D eigenvalue weighted by molar-refractivity contribution is -0.387. The standard InChI is InChI=1S/C26H13Cl4F3N4O5S/c27-16-6-2-1-5-15(16)23(38)35-25(39)36(43-21-8-4-3-7-20(21)37(40)41)14-10-17(28)22(18(29)11-14)42-24-19(30)9-13(12-34-24)26(31,32)33/h1-12H,(H,35,38,39). The molecule has 4 rings (SSSR count). The summed E-state index contributed by atoms with van der Waals surface area (Å²) in [5.41, 5.74) is -1.55. The normalized spacial score (nSPS) is 11.1. The third-order valence-electron chi connectivity index (χ3n) is 5.33. The molecule has 222 valence electrons. The molecule has 0 aliphatic rings. The maximum absolute atomic E-state index is 13.4. The highest BCUT2D eigenvalue weighted by Crippen LogP contribution is 2.44. The molecule has 0 saturated carbocycles. The smallest absolute Gasteiger partial charge is 0.417 e. The molecule has 9 nitrogen and oxygen atoms in total. The summed E-state index contributed by atoms with van der Waals surface area (Å²) >= 11 is 25.3. The molecule has 0 spiro atoms. The molecule has 0 saturated heterocycles. The van der Waals surface area contributed by atoms with Crippen LogP contribution in [0.1, 0.15) is 15.9 Å². The third-order valence-corrected chi connectivity index (χ3v) is 7.59. The van der Waals surface area contributed by atoms with Crippen LogP contribution in [0.3, 0.4) is 0 Å². The molecule has 0 bridgehead atoms. The highest BCUT2D eigenvalue weighted by molar-refractivity contribution is 8.01. The Hall–Kier alpha value is -3.75. The van der Waals surface area contributed by atoms with Gasteiger partial charge < -0.3 is 4.74 Å². The van der Waals surface area contributed by atoms with Crippen molar-refractivity contribution in [1.82, 2.24) is 10.3 Å². The summed E-state index contributed by atoms with van der Waals surface area (Å²) in [7, 11) is 0. The zero-order valence-electron chi connectivity index (χ0n) is 20.9. The van der Waals surface area contributed by atoms with Gasteiger partial charge in [0.2, 0.25) is 5.88 Å². The van der Waals surface area contributed by atoms with Crippen LogP contribution in [0.15, 0.2) is 77.8 Å². The first-order valence-corrected chi connectivity index (χ1v) is 13.8. The minimum absolute atomic E-state index is 0.0150. The molecular weight excluding hydrogens is 679 g/mol. The van der Waals surface area contributed by atoms with Crippen molar-refractivity contribution in [3.8, 4) is 11.6 Å². The molecule has 17 heteroatoms. The molecule has 3 aromatic carbocycles. The van der Waals surface area contributed by atoms with Crippen molar-refractivity contribution in [2.45, 2.75) is 11.1 Å². The second kappa shape index (κ2) is 13.3. The number of imide groups is 1. The SMILES string of the molecule is O=C(NC(=O)N(Sc1ccccc1[N+](=O)[O-])c1cc(Cl)c(Oc2ncc(C(F)(F)F)cc2Cl)c(Cl)c1)c1ccccc1Cl. The van der Waals surface area contributed by atoms with E-state index in [0.717, 1.165) is 4.31 Å². The molecule has 1 aromatic heterocycles. The Bertz CT molecular complexity index is 1720. The van der Waals surface area contributed by atoms with Crippen molar-refractivity contribution in [1.29, 1.82) is 0 Å². The van der Waals surface area contributed by atoms with Crippen LogP contribution in [-0.2, 0) is 6.18 Å². The van der Waals surface area contributed by atoms with Gasteiger partial charge >= 0.3 is 12.2 Å². The van der Waals surface area contributed by atoms with Gasteiger partial charge in [-0.15, -0.1) is 0 Å². The van der Waals surface area contributed by atoms with Gasteiger partial charge in [0.1, 0.15) is 9.92 Å². The van der Waals surface area contributed by atoms with Crippen LogP contribution >= 0.6 is 58.4 Å². The average Bonchev–Trinajstić information content (AvgIpc) is 2.94. The summed E-state index contributed by atoms with van der Waals surface area (Å²) in [5.74, 6) is -1.59. The maximum atomic E-state index is 13.4. The largest absolute Gasteiger partial charge is 0.434 e. The van der Waals surface area contributed by atoms with Crippen LogP contribution in [-0.4, -0.2) is 21.8 Å². The number of rotatable bonds is 7. The lowest BCUT2D eigenvalue weighted by Gasteiger charge is -2.23. The van der Waals surface area contributed by atoms with Crippen LogP contribution in [0.25, 0.3) is 0 Å². The fraction of sp³-hybridized carbons (Fsp3) is 0.0385. The number of para-hydroxylation sites is 1. The topological polar surface area (TPSA) is 115 Å². The second-order valence-electron chi connectivity index (χ2n) is 8.20. The van der Waals surface area contributed by atoms with Gasteiger partial charge in [0.25, 0.3) is 11.6 Å². The predicted molar refractivity (Wildman–Crippen MR) is 157 cm³/mol. The molecule has 1 heterocycles. The molecule has 43 heavy (non-hydrogen) atoms. The van der Waals surface area contributed by atoms with E-state index in [-0.39, 0.29) is 42.7 Å². The van der Waals surface area contributed by atoms with Gasteiger partial charge in [-0.1, -0.05) is 70.7 Å². The van der Waals surface area contributed by atoms with Crippen molar-refractivity contribution in [2.24, 2.45) is 0 Å². The van der Waals surface area contributed by atoms with Crippen molar-refractivity contribution in [3.63, 3.8) is 0 Å². The summed E-state index contributed by atoms with van der Waals surface area (Å²) in [6.45, 7) is 0. The van der Waals surface area contributed by atoms with Crippen LogP contribution in [0, 0.1) is 10.1 Å². The van der Waals surface area contributed by atoms with Gasteiger partial charge in [-0.2, -0.15) is 13.2 Å². The van der Waals surface area contributed by atoms with Gasteiger partial charge in [-0.25, -0.2) is 14.1 Å². The number of hydrogen-bond donors (Lipinski definition) is 1. The van der Waals surface area contributed by atoms with E-state index >= 15 is 0 Å². The van der Waals surface area contributed by atoms with Crippen LogP contribution in [0.5, 0.6) is 11.6 Å². The Morgan fingerprint density at radius 3 is 2.16 bits per heavy atom. The van der Waals surface area contributed by atoms with Gasteiger partial charge in [0.15, 0.2) is 5.75 Å². The van der Waals surface area contributed by atoms with Crippen LogP contribution < -0.4 is 14.4 Å². The molecule has 0 aliphatic heterocycles. The monoisotopic (exact) mass is 690 g/mol. The number of pyridine rings is 1. The summed E-state index contributed by atoms with van der Waals surface area (Å²) in [5, 5.41) is 12.8. The Morgan fingerprint density at radius 1 is 0.930 bits per heavy atom. The molecule has 0 unspecified atom stereocenters. The number of carbonyl (C=O) groups is 2. The number of nitro groups is 1. The molecule has 0 radical (unpaired) electrons. The number of halogens is 7. The molecule has 3 amide bonds. The summed E-state index contributed by atoms with van der Waals surface area (Å²) < 4.78 is 45.3. The second-order valence-corrected chi connectivity index (χ2v) is 10.8. The number of nitrogens with one attached hydrogen (secondary N) is 1. The van der Waals surface area contributed by atoms with Gasteiger partial charge in [-0.3, -0.25) is 20.2 Å². The minimum Gasteiger partial charge on any atom is -0.434 e. The predicted octanol–water partition coefficient (Wildman–Crippen LogP) is 9.48. The molecule has 4 aromatic rings. The number of aromatic nitrogens is 1. The van der Waals surface area contributed by atoms with E-state index in [0.29, 0.717) is 24.2 Å². The van der Waals surface area contributed by atoms with E-state index in [9.17, 15) is 32.9 Å². The Labute approximate surface area is 264 Å². The third kappa shape index (κ3) is 7.61. The molecule has 0 aliphatic carbocycles. The zero-order chi connectivity index (χ0) is 31.5. The quantitative estimate of drug-likeness (QED) is 0.117. The first kappa shape index (κ1) is 32.2. The number of alkyl halides is 3.